The van der Waals surface area contributed by atoms with Crippen molar-refractivity contribution in [2.24, 2.45) is 0 Å². The van der Waals surface area contributed by atoms with Gasteiger partial charge in [0, 0.05) is 23.5 Å². The number of rotatable bonds is 3. The molecule has 1 saturated carbocycles. The van der Waals surface area contributed by atoms with Gasteiger partial charge in [0.05, 0.1) is 11.3 Å². The Balaban J connectivity index is 2.00. The van der Waals surface area contributed by atoms with Crippen LogP contribution in [0.4, 0.5) is 0 Å². The predicted molar refractivity (Wildman–Crippen MR) is 65.8 cm³/mol. The lowest BCUT2D eigenvalue weighted by Gasteiger charge is -2.02. The van der Waals surface area contributed by atoms with Crippen LogP contribution in [0.3, 0.4) is 0 Å². The highest BCUT2D eigenvalue weighted by Gasteiger charge is 2.21. The molecule has 1 aromatic carbocycles. The molecule has 0 aliphatic heterocycles. The van der Waals surface area contributed by atoms with Gasteiger partial charge in [-0.15, -0.1) is 0 Å². The third kappa shape index (κ3) is 1.72. The molecule has 1 fully saturated rings. The van der Waals surface area contributed by atoms with Gasteiger partial charge in [0.1, 0.15) is 5.58 Å². The molecule has 84 valence electrons. The zero-order valence-corrected chi connectivity index (χ0v) is 9.97. The van der Waals surface area contributed by atoms with E-state index in [0.717, 1.165) is 33.7 Å². The van der Waals surface area contributed by atoms with Gasteiger partial charge in [0.2, 0.25) is 0 Å². The molecule has 2 nitrogen and oxygen atoms in total. The molecule has 0 spiro atoms. The zero-order valence-electron chi connectivity index (χ0n) is 9.22. The number of fused-ring (bicyclic) bond motifs is 1. The van der Waals surface area contributed by atoms with Crippen molar-refractivity contribution >= 4 is 22.6 Å². The Hall–Kier alpha value is -0.990. The van der Waals surface area contributed by atoms with Crippen molar-refractivity contribution in [3.63, 3.8) is 0 Å². The molecule has 0 saturated heterocycles. The van der Waals surface area contributed by atoms with Gasteiger partial charge >= 0.3 is 0 Å². The second-order valence-electron chi connectivity index (χ2n) is 4.48. The lowest BCUT2D eigenvalue weighted by molar-refractivity contribution is 0.599. The third-order valence-electron chi connectivity index (χ3n) is 3.10. The molecule has 1 heterocycles. The molecule has 0 atom stereocenters. The summed E-state index contributed by atoms with van der Waals surface area (Å²) in [6.07, 6.45) is 4.41. The summed E-state index contributed by atoms with van der Waals surface area (Å²) in [6.45, 7) is 2.89. The van der Waals surface area contributed by atoms with Crippen molar-refractivity contribution in [3.8, 4) is 0 Å². The first-order valence-corrected chi connectivity index (χ1v) is 6.02. The van der Waals surface area contributed by atoms with E-state index in [1.54, 1.807) is 0 Å². The van der Waals surface area contributed by atoms with Crippen molar-refractivity contribution < 1.29 is 4.42 Å². The molecule has 3 heteroatoms. The fraction of sp³-hybridized carbons (Fsp3) is 0.385. The topological polar surface area (TPSA) is 25.2 Å². The molecule has 0 amide bonds. The summed E-state index contributed by atoms with van der Waals surface area (Å²) >= 11 is 6.22. The van der Waals surface area contributed by atoms with Crippen LogP contribution in [0.15, 0.2) is 22.8 Å². The van der Waals surface area contributed by atoms with E-state index in [1.165, 1.54) is 12.8 Å². The van der Waals surface area contributed by atoms with Crippen LogP contribution in [0, 0.1) is 6.92 Å². The summed E-state index contributed by atoms with van der Waals surface area (Å²) in [5, 5.41) is 5.32. The Kier molecular flexibility index (Phi) is 2.41. The van der Waals surface area contributed by atoms with E-state index in [1.807, 2.05) is 25.3 Å². The summed E-state index contributed by atoms with van der Waals surface area (Å²) in [6, 6.07) is 4.63. The van der Waals surface area contributed by atoms with E-state index >= 15 is 0 Å². The normalized spacial score (nSPS) is 15.9. The number of halogens is 1. The van der Waals surface area contributed by atoms with Crippen LogP contribution >= 0.6 is 11.6 Å². The minimum absolute atomic E-state index is 0.702. The Labute approximate surface area is 99.6 Å². The zero-order chi connectivity index (χ0) is 11.1. The Morgan fingerprint density at radius 3 is 3.00 bits per heavy atom. The lowest BCUT2D eigenvalue weighted by Crippen LogP contribution is -2.14. The van der Waals surface area contributed by atoms with Gasteiger partial charge < -0.3 is 9.73 Å². The van der Waals surface area contributed by atoms with E-state index in [2.05, 4.69) is 5.32 Å². The fourth-order valence-corrected chi connectivity index (χ4v) is 2.24. The molecule has 1 aromatic heterocycles. The summed E-state index contributed by atoms with van der Waals surface area (Å²) in [5.74, 6) is 0. The molecule has 3 rings (SSSR count). The number of hydrogen-bond acceptors (Lipinski definition) is 2. The monoisotopic (exact) mass is 235 g/mol. The largest absolute Gasteiger partial charge is 0.464 e. The van der Waals surface area contributed by atoms with Crippen molar-refractivity contribution in [2.75, 3.05) is 0 Å². The van der Waals surface area contributed by atoms with E-state index in [0.29, 0.717) is 6.04 Å². The first-order chi connectivity index (χ1) is 7.75. The molecule has 1 aliphatic carbocycles. The Bertz CT molecular complexity index is 528. The average molecular weight is 236 g/mol. The van der Waals surface area contributed by atoms with Crippen molar-refractivity contribution in [2.45, 2.75) is 32.4 Å². The van der Waals surface area contributed by atoms with Crippen LogP contribution in [-0.2, 0) is 6.54 Å². The van der Waals surface area contributed by atoms with Crippen LogP contribution < -0.4 is 5.32 Å². The van der Waals surface area contributed by atoms with Crippen LogP contribution in [0.1, 0.15) is 24.0 Å². The molecule has 0 unspecified atom stereocenters. The maximum atomic E-state index is 6.22. The van der Waals surface area contributed by atoms with Crippen LogP contribution in [0.5, 0.6) is 0 Å². The summed E-state index contributed by atoms with van der Waals surface area (Å²) in [5.41, 5.74) is 3.22. The maximum absolute atomic E-state index is 6.22. The van der Waals surface area contributed by atoms with Crippen molar-refractivity contribution in [3.05, 3.63) is 34.5 Å². The highest BCUT2D eigenvalue weighted by molar-refractivity contribution is 6.35. The molecule has 0 radical (unpaired) electrons. The number of benzene rings is 1. The van der Waals surface area contributed by atoms with E-state index < -0.39 is 0 Å². The van der Waals surface area contributed by atoms with Gasteiger partial charge in [-0.1, -0.05) is 17.7 Å². The summed E-state index contributed by atoms with van der Waals surface area (Å²) in [4.78, 5) is 0. The predicted octanol–water partition coefficient (Wildman–Crippen LogP) is 3.65. The van der Waals surface area contributed by atoms with Crippen LogP contribution in [0.2, 0.25) is 5.02 Å². The molecule has 1 aliphatic rings. The molecular formula is C13H14ClNO. The molecular weight excluding hydrogens is 222 g/mol. The van der Waals surface area contributed by atoms with Gasteiger partial charge in [-0.3, -0.25) is 0 Å². The van der Waals surface area contributed by atoms with Gasteiger partial charge in [0.25, 0.3) is 0 Å². The van der Waals surface area contributed by atoms with Gasteiger partial charge in [-0.25, -0.2) is 0 Å². The fourth-order valence-electron chi connectivity index (χ4n) is 1.97. The van der Waals surface area contributed by atoms with Crippen molar-refractivity contribution in [1.82, 2.24) is 5.32 Å². The SMILES string of the molecule is Cc1ccc(Cl)c2c(CNC3CC3)coc12. The Morgan fingerprint density at radius 1 is 1.44 bits per heavy atom. The minimum Gasteiger partial charge on any atom is -0.464 e. The van der Waals surface area contributed by atoms with Crippen molar-refractivity contribution in [1.29, 1.82) is 0 Å². The van der Waals surface area contributed by atoms with Gasteiger partial charge in [0.15, 0.2) is 0 Å². The first kappa shape index (κ1) is 10.2. The summed E-state index contributed by atoms with van der Waals surface area (Å²) < 4.78 is 5.59. The van der Waals surface area contributed by atoms with E-state index in [4.69, 9.17) is 16.0 Å². The summed E-state index contributed by atoms with van der Waals surface area (Å²) in [7, 11) is 0. The quantitative estimate of drug-likeness (QED) is 0.879. The Morgan fingerprint density at radius 2 is 2.25 bits per heavy atom. The standard InChI is InChI=1S/C13H14ClNO/c1-8-2-5-11(14)12-9(7-16-13(8)12)6-15-10-3-4-10/h2,5,7,10,15H,3-4,6H2,1H3. The van der Waals surface area contributed by atoms with Gasteiger partial charge in [-0.2, -0.15) is 0 Å². The minimum atomic E-state index is 0.702. The van der Waals surface area contributed by atoms with Crippen LogP contribution in [-0.4, -0.2) is 6.04 Å². The number of hydrogen-bond donors (Lipinski definition) is 1. The number of nitrogens with one attached hydrogen (secondary N) is 1. The number of aryl methyl sites for hydroxylation is 1. The second kappa shape index (κ2) is 3.79. The number of furan rings is 1. The van der Waals surface area contributed by atoms with E-state index in [9.17, 15) is 0 Å². The lowest BCUT2D eigenvalue weighted by atomic mass is 10.1. The second-order valence-corrected chi connectivity index (χ2v) is 4.89. The molecule has 16 heavy (non-hydrogen) atoms. The highest BCUT2D eigenvalue weighted by Crippen LogP contribution is 2.31. The average Bonchev–Trinajstić information content (AvgIpc) is 3.00. The van der Waals surface area contributed by atoms with Crippen LogP contribution in [0.25, 0.3) is 11.0 Å². The highest BCUT2D eigenvalue weighted by atomic mass is 35.5. The van der Waals surface area contributed by atoms with E-state index in [-0.39, 0.29) is 0 Å². The van der Waals surface area contributed by atoms with Gasteiger partial charge in [-0.05, 0) is 31.4 Å². The molecule has 0 bridgehead atoms. The molecule has 1 N–H and O–H groups in total. The smallest absolute Gasteiger partial charge is 0.138 e. The maximum Gasteiger partial charge on any atom is 0.138 e. The third-order valence-corrected chi connectivity index (χ3v) is 3.42. The first-order valence-electron chi connectivity index (χ1n) is 5.64. The molecule has 2 aromatic rings.